The predicted molar refractivity (Wildman–Crippen MR) is 82.8 cm³/mol. The Morgan fingerprint density at radius 3 is 2.80 bits per heavy atom. The van der Waals surface area contributed by atoms with Crippen LogP contribution in [0.25, 0.3) is 0 Å². The minimum atomic E-state index is 0.655. The average Bonchev–Trinajstić information content (AvgIpc) is 2.79. The number of ether oxygens (including phenoxy) is 1. The molecule has 0 aliphatic heterocycles. The first-order valence-electron chi connectivity index (χ1n) is 7.27. The van der Waals surface area contributed by atoms with E-state index in [2.05, 4.69) is 28.0 Å². The van der Waals surface area contributed by atoms with Crippen LogP contribution in [0.4, 0.5) is 11.6 Å². The maximum atomic E-state index is 5.64. The maximum absolute atomic E-state index is 5.64. The van der Waals surface area contributed by atoms with Gasteiger partial charge in [-0.25, -0.2) is 4.98 Å². The number of nitrogens with one attached hydrogen (secondary N) is 1. The Balaban J connectivity index is 2.21. The largest absolute Gasteiger partial charge is 0.492 e. The van der Waals surface area contributed by atoms with Crippen LogP contribution in [0.3, 0.4) is 0 Å². The summed E-state index contributed by atoms with van der Waals surface area (Å²) in [6.07, 6.45) is 4.41. The zero-order valence-corrected chi connectivity index (χ0v) is 12.5. The van der Waals surface area contributed by atoms with E-state index < -0.39 is 0 Å². The summed E-state index contributed by atoms with van der Waals surface area (Å²) < 4.78 is 7.81. The lowest BCUT2D eigenvalue weighted by molar-refractivity contribution is 0.342. The van der Waals surface area contributed by atoms with Crippen molar-refractivity contribution in [3.63, 3.8) is 0 Å². The Bertz CT molecular complexity index is 548. The van der Waals surface area contributed by atoms with E-state index in [1.54, 1.807) is 0 Å². The molecule has 0 saturated carbocycles. The van der Waals surface area contributed by atoms with Crippen LogP contribution in [-0.4, -0.2) is 16.2 Å². The fourth-order valence-corrected chi connectivity index (χ4v) is 2.12. The number of hydrogen-bond acceptors (Lipinski definition) is 3. The summed E-state index contributed by atoms with van der Waals surface area (Å²) in [6.45, 7) is 7.84. The Morgan fingerprint density at radius 1 is 1.25 bits per heavy atom. The predicted octanol–water partition coefficient (Wildman–Crippen LogP) is 4.13. The Hall–Kier alpha value is -1.97. The van der Waals surface area contributed by atoms with Gasteiger partial charge >= 0.3 is 0 Å². The van der Waals surface area contributed by atoms with Crippen LogP contribution < -0.4 is 10.1 Å². The van der Waals surface area contributed by atoms with Gasteiger partial charge in [-0.15, -0.1) is 0 Å². The molecule has 1 heterocycles. The summed E-state index contributed by atoms with van der Waals surface area (Å²) in [7, 11) is 0. The molecule has 0 aliphatic carbocycles. The number of aryl methyl sites for hydroxylation is 2. The molecule has 0 unspecified atom stereocenters. The smallest absolute Gasteiger partial charge is 0.207 e. The topological polar surface area (TPSA) is 39.1 Å². The molecule has 2 aromatic rings. The Morgan fingerprint density at radius 2 is 2.05 bits per heavy atom. The number of unbranched alkanes of at least 4 members (excludes halogenated alkanes) is 1. The highest BCUT2D eigenvalue weighted by Crippen LogP contribution is 2.27. The van der Waals surface area contributed by atoms with Crippen molar-refractivity contribution in [3.8, 4) is 5.75 Å². The molecule has 0 atom stereocenters. The van der Waals surface area contributed by atoms with Gasteiger partial charge in [-0.2, -0.15) is 0 Å². The molecule has 1 aromatic heterocycles. The first kappa shape index (κ1) is 14.4. The van der Waals surface area contributed by atoms with Crippen molar-refractivity contribution in [1.29, 1.82) is 0 Å². The molecule has 0 aliphatic rings. The molecule has 0 amide bonds. The summed E-state index contributed by atoms with van der Waals surface area (Å²) in [5.41, 5.74) is 1.98. The second-order valence-corrected chi connectivity index (χ2v) is 4.81. The quantitative estimate of drug-likeness (QED) is 0.824. The van der Waals surface area contributed by atoms with Crippen LogP contribution in [0, 0.1) is 6.92 Å². The van der Waals surface area contributed by atoms with E-state index in [0.717, 1.165) is 36.0 Å². The minimum Gasteiger partial charge on any atom is -0.492 e. The van der Waals surface area contributed by atoms with E-state index in [4.69, 9.17) is 4.74 Å². The fourth-order valence-electron chi connectivity index (χ4n) is 2.12. The van der Waals surface area contributed by atoms with E-state index in [1.165, 1.54) is 6.42 Å². The van der Waals surface area contributed by atoms with Gasteiger partial charge in [0, 0.05) is 12.7 Å². The summed E-state index contributed by atoms with van der Waals surface area (Å²) in [5.74, 6) is 1.74. The number of rotatable bonds is 7. The maximum Gasteiger partial charge on any atom is 0.207 e. The van der Waals surface area contributed by atoms with Gasteiger partial charge in [0.1, 0.15) is 5.75 Å². The minimum absolute atomic E-state index is 0.655. The average molecular weight is 273 g/mol. The van der Waals surface area contributed by atoms with E-state index >= 15 is 0 Å². The van der Waals surface area contributed by atoms with Crippen LogP contribution >= 0.6 is 0 Å². The lowest BCUT2D eigenvalue weighted by Crippen LogP contribution is -2.04. The third-order valence-corrected chi connectivity index (χ3v) is 3.08. The molecule has 1 aromatic carbocycles. The third kappa shape index (κ3) is 3.53. The highest BCUT2D eigenvalue weighted by molar-refractivity contribution is 5.62. The van der Waals surface area contributed by atoms with Crippen LogP contribution in [0.15, 0.2) is 30.5 Å². The lowest BCUT2D eigenvalue weighted by atomic mass is 10.3. The summed E-state index contributed by atoms with van der Waals surface area (Å²) in [5, 5.41) is 3.38. The SMILES string of the molecule is CCCCn1cc(C)nc1Nc1ccccc1OCC. The standard InChI is InChI=1S/C16H23N3O/c1-4-6-11-19-12-13(3)17-16(19)18-14-9-7-8-10-15(14)20-5-2/h7-10,12H,4-6,11H2,1-3H3,(H,17,18). The van der Waals surface area contributed by atoms with Gasteiger partial charge in [0.05, 0.1) is 18.0 Å². The van der Waals surface area contributed by atoms with Gasteiger partial charge in [0.15, 0.2) is 0 Å². The molecule has 0 saturated heterocycles. The summed E-state index contributed by atoms with van der Waals surface area (Å²) >= 11 is 0. The fraction of sp³-hybridized carbons (Fsp3) is 0.438. The van der Waals surface area contributed by atoms with Gasteiger partial charge in [-0.3, -0.25) is 0 Å². The molecule has 0 radical (unpaired) electrons. The number of hydrogen-bond donors (Lipinski definition) is 1. The van der Waals surface area contributed by atoms with E-state index in [-0.39, 0.29) is 0 Å². The number of imidazole rings is 1. The highest BCUT2D eigenvalue weighted by atomic mass is 16.5. The van der Waals surface area contributed by atoms with Crippen LogP contribution in [0.5, 0.6) is 5.75 Å². The van der Waals surface area contributed by atoms with Crippen molar-refractivity contribution in [1.82, 2.24) is 9.55 Å². The summed E-state index contributed by atoms with van der Waals surface area (Å²) in [6, 6.07) is 7.96. The summed E-state index contributed by atoms with van der Waals surface area (Å²) in [4.78, 5) is 4.56. The van der Waals surface area contributed by atoms with E-state index in [0.29, 0.717) is 6.61 Å². The number of para-hydroxylation sites is 2. The van der Waals surface area contributed by atoms with Crippen LogP contribution in [0.2, 0.25) is 0 Å². The number of nitrogens with zero attached hydrogens (tertiary/aromatic N) is 2. The molecular weight excluding hydrogens is 250 g/mol. The molecule has 4 nitrogen and oxygen atoms in total. The van der Waals surface area contributed by atoms with E-state index in [1.807, 2.05) is 38.1 Å². The van der Waals surface area contributed by atoms with Crippen molar-refractivity contribution < 1.29 is 4.74 Å². The van der Waals surface area contributed by atoms with Crippen LogP contribution in [-0.2, 0) is 6.54 Å². The molecule has 2 rings (SSSR count). The Kier molecular flexibility index (Phi) is 5.04. The lowest BCUT2D eigenvalue weighted by Gasteiger charge is -2.13. The van der Waals surface area contributed by atoms with Gasteiger partial charge in [0.2, 0.25) is 5.95 Å². The van der Waals surface area contributed by atoms with Gasteiger partial charge in [-0.05, 0) is 32.4 Å². The molecule has 0 spiro atoms. The van der Waals surface area contributed by atoms with Crippen LogP contribution in [0.1, 0.15) is 32.4 Å². The molecule has 0 fully saturated rings. The third-order valence-electron chi connectivity index (χ3n) is 3.08. The molecule has 108 valence electrons. The Labute approximate surface area is 120 Å². The van der Waals surface area contributed by atoms with Crippen molar-refractivity contribution in [3.05, 3.63) is 36.2 Å². The van der Waals surface area contributed by atoms with Gasteiger partial charge < -0.3 is 14.6 Å². The molecule has 20 heavy (non-hydrogen) atoms. The molecule has 0 bridgehead atoms. The highest BCUT2D eigenvalue weighted by Gasteiger charge is 2.08. The first-order chi connectivity index (χ1) is 9.74. The van der Waals surface area contributed by atoms with E-state index in [9.17, 15) is 0 Å². The molecule has 1 N–H and O–H groups in total. The monoisotopic (exact) mass is 273 g/mol. The van der Waals surface area contributed by atoms with Gasteiger partial charge in [0.25, 0.3) is 0 Å². The van der Waals surface area contributed by atoms with Gasteiger partial charge in [-0.1, -0.05) is 25.5 Å². The second-order valence-electron chi connectivity index (χ2n) is 4.81. The number of aromatic nitrogens is 2. The van der Waals surface area contributed by atoms with Crippen molar-refractivity contribution in [2.24, 2.45) is 0 Å². The second kappa shape index (κ2) is 6.98. The number of benzene rings is 1. The first-order valence-corrected chi connectivity index (χ1v) is 7.27. The number of anilines is 2. The molecule has 4 heteroatoms. The van der Waals surface area contributed by atoms with Crippen molar-refractivity contribution in [2.45, 2.75) is 40.2 Å². The zero-order valence-electron chi connectivity index (χ0n) is 12.5. The normalized spacial score (nSPS) is 10.6. The van der Waals surface area contributed by atoms with Crippen molar-refractivity contribution in [2.75, 3.05) is 11.9 Å². The van der Waals surface area contributed by atoms with Crippen molar-refractivity contribution >= 4 is 11.6 Å². The zero-order chi connectivity index (χ0) is 14.4. The molecular formula is C16H23N3O.